The maximum Gasteiger partial charge on any atom is 0.247 e. The molecule has 0 fully saturated rings. The number of benzene rings is 2. The maximum absolute atomic E-state index is 5.75. The summed E-state index contributed by atoms with van der Waals surface area (Å²) >= 11 is 1.76. The van der Waals surface area contributed by atoms with Gasteiger partial charge < -0.3 is 10.5 Å². The summed E-state index contributed by atoms with van der Waals surface area (Å²) in [5, 5.41) is 2.47. The van der Waals surface area contributed by atoms with Crippen LogP contribution in [-0.4, -0.2) is 26.5 Å². The molecule has 27 heavy (non-hydrogen) atoms. The van der Waals surface area contributed by atoms with Crippen molar-refractivity contribution in [1.29, 1.82) is 0 Å². The summed E-state index contributed by atoms with van der Waals surface area (Å²) in [6.45, 7) is 2.35. The minimum Gasteiger partial charge on any atom is -0.476 e. The first-order valence-electron chi connectivity index (χ1n) is 8.58. The quantitative estimate of drug-likeness (QED) is 0.503. The summed E-state index contributed by atoms with van der Waals surface area (Å²) in [5.74, 6) is 0.484. The standard InChI is InChI=1S/C20H15N5OS/c1-2-26-19-16-18(24-20(21)25-19)22-10-14(23-16)13-8-5-7-12-11-6-3-4-9-15(11)27-17(12)13/h3-10H,2H2,1H3,(H2,21,22,24,25). The fraction of sp³-hybridized carbons (Fsp3) is 0.100. The van der Waals surface area contributed by atoms with Crippen LogP contribution in [-0.2, 0) is 0 Å². The van der Waals surface area contributed by atoms with E-state index in [0.717, 1.165) is 11.3 Å². The van der Waals surface area contributed by atoms with Gasteiger partial charge in [-0.15, -0.1) is 11.3 Å². The summed E-state index contributed by atoms with van der Waals surface area (Å²) in [5.41, 5.74) is 8.49. The molecule has 0 atom stereocenters. The molecule has 0 saturated carbocycles. The topological polar surface area (TPSA) is 86.8 Å². The lowest BCUT2D eigenvalue weighted by atomic mass is 10.1. The van der Waals surface area contributed by atoms with Gasteiger partial charge in [-0.2, -0.15) is 9.97 Å². The third-order valence-electron chi connectivity index (χ3n) is 4.35. The molecule has 0 aliphatic heterocycles. The number of nitrogens with two attached hydrogens (primary N) is 1. The second-order valence-corrected chi connectivity index (χ2v) is 7.08. The van der Waals surface area contributed by atoms with Gasteiger partial charge in [0.25, 0.3) is 0 Å². The highest BCUT2D eigenvalue weighted by Gasteiger charge is 2.15. The van der Waals surface area contributed by atoms with E-state index in [1.807, 2.05) is 13.0 Å². The van der Waals surface area contributed by atoms with E-state index in [1.165, 1.54) is 20.2 Å². The van der Waals surface area contributed by atoms with E-state index in [2.05, 4.69) is 51.4 Å². The van der Waals surface area contributed by atoms with Gasteiger partial charge >= 0.3 is 0 Å². The third kappa shape index (κ3) is 2.55. The Bertz CT molecular complexity index is 1310. The molecule has 0 spiro atoms. The number of anilines is 1. The Morgan fingerprint density at radius 2 is 1.85 bits per heavy atom. The van der Waals surface area contributed by atoms with E-state index in [1.54, 1.807) is 17.5 Å². The van der Waals surface area contributed by atoms with Gasteiger partial charge in [0, 0.05) is 25.7 Å². The molecule has 7 heteroatoms. The molecular weight excluding hydrogens is 358 g/mol. The predicted molar refractivity (Wildman–Crippen MR) is 109 cm³/mol. The van der Waals surface area contributed by atoms with Gasteiger partial charge in [-0.3, -0.25) is 0 Å². The summed E-state index contributed by atoms with van der Waals surface area (Å²) < 4.78 is 8.03. The Labute approximate surface area is 158 Å². The number of fused-ring (bicyclic) bond motifs is 4. The average molecular weight is 373 g/mol. The maximum atomic E-state index is 5.75. The summed E-state index contributed by atoms with van der Waals surface area (Å²) in [6.07, 6.45) is 1.73. The molecule has 5 rings (SSSR count). The largest absolute Gasteiger partial charge is 0.476 e. The molecule has 0 aliphatic carbocycles. The molecule has 2 aromatic carbocycles. The van der Waals surface area contributed by atoms with Crippen LogP contribution in [0, 0.1) is 0 Å². The fourth-order valence-electron chi connectivity index (χ4n) is 3.21. The zero-order valence-corrected chi connectivity index (χ0v) is 15.3. The molecule has 0 bridgehead atoms. The van der Waals surface area contributed by atoms with Crippen LogP contribution in [0.1, 0.15) is 6.92 Å². The molecule has 6 nitrogen and oxygen atoms in total. The molecule has 132 valence electrons. The van der Waals surface area contributed by atoms with Crippen LogP contribution in [0.15, 0.2) is 48.7 Å². The van der Waals surface area contributed by atoms with E-state index in [0.29, 0.717) is 23.7 Å². The monoisotopic (exact) mass is 373 g/mol. The molecule has 0 saturated heterocycles. The first-order valence-corrected chi connectivity index (χ1v) is 9.40. The summed E-state index contributed by atoms with van der Waals surface area (Å²) in [4.78, 5) is 17.6. The highest BCUT2D eigenvalue weighted by Crippen LogP contribution is 2.39. The van der Waals surface area contributed by atoms with Gasteiger partial charge in [-0.1, -0.05) is 36.4 Å². The van der Waals surface area contributed by atoms with Crippen molar-refractivity contribution in [2.75, 3.05) is 12.3 Å². The number of hydrogen-bond donors (Lipinski definition) is 1. The van der Waals surface area contributed by atoms with Crippen LogP contribution in [0.5, 0.6) is 5.88 Å². The molecular formula is C20H15N5OS. The normalized spacial score (nSPS) is 11.4. The van der Waals surface area contributed by atoms with Crippen LogP contribution in [0.4, 0.5) is 5.95 Å². The SMILES string of the molecule is CCOc1nc(N)nc2ncc(-c3cccc4c3sc3ccccc34)nc12. The van der Waals surface area contributed by atoms with Crippen LogP contribution < -0.4 is 10.5 Å². The van der Waals surface area contributed by atoms with Gasteiger partial charge in [-0.25, -0.2) is 9.97 Å². The first-order chi connectivity index (χ1) is 13.2. The zero-order chi connectivity index (χ0) is 18.4. The lowest BCUT2D eigenvalue weighted by molar-refractivity contribution is 0.330. The van der Waals surface area contributed by atoms with Gasteiger partial charge in [0.2, 0.25) is 11.8 Å². The lowest BCUT2D eigenvalue weighted by Gasteiger charge is -2.08. The molecule has 5 aromatic rings. The molecule has 0 unspecified atom stereocenters. The minimum absolute atomic E-state index is 0.125. The number of rotatable bonds is 3. The first kappa shape index (κ1) is 15.9. The smallest absolute Gasteiger partial charge is 0.247 e. The van der Waals surface area contributed by atoms with Gasteiger partial charge in [0.15, 0.2) is 11.2 Å². The number of nitrogen functional groups attached to an aromatic ring is 1. The Balaban J connectivity index is 1.78. The highest BCUT2D eigenvalue weighted by atomic mass is 32.1. The number of hydrogen-bond acceptors (Lipinski definition) is 7. The molecule has 2 N–H and O–H groups in total. The summed E-state index contributed by atoms with van der Waals surface area (Å²) in [7, 11) is 0. The Kier molecular flexibility index (Phi) is 3.61. The van der Waals surface area contributed by atoms with E-state index in [4.69, 9.17) is 15.5 Å². The van der Waals surface area contributed by atoms with Crippen LogP contribution >= 0.6 is 11.3 Å². The number of nitrogens with zero attached hydrogens (tertiary/aromatic N) is 4. The predicted octanol–water partition coefficient (Wildman–Crippen LogP) is 4.44. The van der Waals surface area contributed by atoms with Crippen molar-refractivity contribution in [3.05, 3.63) is 48.7 Å². The average Bonchev–Trinajstić information content (AvgIpc) is 3.07. The molecule has 3 aromatic heterocycles. The van der Waals surface area contributed by atoms with Crippen LogP contribution in [0.25, 0.3) is 42.6 Å². The highest BCUT2D eigenvalue weighted by molar-refractivity contribution is 7.26. The van der Waals surface area contributed by atoms with Crippen molar-refractivity contribution in [1.82, 2.24) is 19.9 Å². The van der Waals surface area contributed by atoms with E-state index >= 15 is 0 Å². The van der Waals surface area contributed by atoms with Crippen LogP contribution in [0.3, 0.4) is 0 Å². The van der Waals surface area contributed by atoms with Crippen molar-refractivity contribution in [2.24, 2.45) is 0 Å². The Morgan fingerprint density at radius 3 is 2.74 bits per heavy atom. The van der Waals surface area contributed by atoms with Gasteiger partial charge in [-0.05, 0) is 13.0 Å². The Hall–Kier alpha value is -3.32. The van der Waals surface area contributed by atoms with Crippen molar-refractivity contribution in [2.45, 2.75) is 6.92 Å². The molecule has 0 aliphatic rings. The number of thiophene rings is 1. The summed E-state index contributed by atoms with van der Waals surface area (Å²) in [6, 6.07) is 14.7. The fourth-order valence-corrected chi connectivity index (χ4v) is 4.44. The molecule has 0 amide bonds. The van der Waals surface area contributed by atoms with Gasteiger partial charge in [0.1, 0.15) is 0 Å². The molecule has 0 radical (unpaired) electrons. The van der Waals surface area contributed by atoms with E-state index in [-0.39, 0.29) is 5.95 Å². The third-order valence-corrected chi connectivity index (χ3v) is 5.57. The zero-order valence-electron chi connectivity index (χ0n) is 14.5. The second kappa shape index (κ2) is 6.14. The number of aromatic nitrogens is 4. The van der Waals surface area contributed by atoms with Crippen LogP contribution in [0.2, 0.25) is 0 Å². The van der Waals surface area contributed by atoms with Crippen molar-refractivity contribution in [3.8, 4) is 17.1 Å². The Morgan fingerprint density at radius 1 is 1.00 bits per heavy atom. The minimum atomic E-state index is 0.125. The van der Waals surface area contributed by atoms with Crippen molar-refractivity contribution >= 4 is 48.6 Å². The second-order valence-electron chi connectivity index (χ2n) is 6.03. The van der Waals surface area contributed by atoms with Crippen molar-refractivity contribution < 1.29 is 4.74 Å². The number of ether oxygens (including phenoxy) is 1. The van der Waals surface area contributed by atoms with Crippen molar-refractivity contribution in [3.63, 3.8) is 0 Å². The molecule has 3 heterocycles. The van der Waals surface area contributed by atoms with Gasteiger partial charge in [0.05, 0.1) is 18.5 Å². The van der Waals surface area contributed by atoms with E-state index < -0.39 is 0 Å². The lowest BCUT2D eigenvalue weighted by Crippen LogP contribution is -2.04. The van der Waals surface area contributed by atoms with E-state index in [9.17, 15) is 0 Å².